The molecule has 0 heterocycles. The second-order valence-electron chi connectivity index (χ2n) is 7.85. The molecular weight excluding hydrogens is 487 g/mol. The molecule has 178 valence electrons. The van der Waals surface area contributed by atoms with Crippen molar-refractivity contribution in [2.75, 3.05) is 5.32 Å². The van der Waals surface area contributed by atoms with E-state index in [9.17, 15) is 17.6 Å². The lowest BCUT2D eigenvalue weighted by molar-refractivity contribution is 0.102. The van der Waals surface area contributed by atoms with Crippen molar-refractivity contribution in [3.05, 3.63) is 131 Å². The molecule has 0 fully saturated rings. The van der Waals surface area contributed by atoms with Gasteiger partial charge in [0, 0.05) is 23.7 Å². The fraction of sp³-hybridized carbons (Fsp3) is 0.0741. The molecule has 35 heavy (non-hydrogen) atoms. The van der Waals surface area contributed by atoms with Gasteiger partial charge in [-0.15, -0.1) is 0 Å². The molecule has 0 saturated heterocycles. The number of sulfonamides is 1. The molecule has 0 aliphatic heterocycles. The molecular formula is C27H22ClFN2O3S. The Balaban J connectivity index is 1.61. The van der Waals surface area contributed by atoms with E-state index in [4.69, 9.17) is 11.6 Å². The lowest BCUT2D eigenvalue weighted by Crippen LogP contribution is -2.30. The molecule has 0 spiro atoms. The van der Waals surface area contributed by atoms with Gasteiger partial charge in [-0.2, -0.15) is 4.31 Å². The number of amides is 1. The topological polar surface area (TPSA) is 66.5 Å². The average molecular weight is 509 g/mol. The maximum absolute atomic E-state index is 14.9. The summed E-state index contributed by atoms with van der Waals surface area (Å²) in [4.78, 5) is 12.2. The zero-order valence-electron chi connectivity index (χ0n) is 18.6. The van der Waals surface area contributed by atoms with E-state index in [1.54, 1.807) is 18.2 Å². The lowest BCUT2D eigenvalue weighted by atomic mass is 10.2. The molecule has 4 aromatic carbocycles. The first-order valence-corrected chi connectivity index (χ1v) is 12.6. The van der Waals surface area contributed by atoms with Crippen molar-refractivity contribution in [1.29, 1.82) is 0 Å². The Labute approximate surface area is 208 Å². The maximum atomic E-state index is 14.9. The summed E-state index contributed by atoms with van der Waals surface area (Å²) in [7, 11) is -4.06. The standard InChI is InChI=1S/C27H22ClFN2O3S/c28-23-13-7-12-22(16-23)27(32)30-26-15-14-24(17-25(26)29)35(33,34)31(18-20-8-3-1-4-9-20)19-21-10-5-2-6-11-21/h1-17H,18-19H2,(H,30,32). The third-order valence-electron chi connectivity index (χ3n) is 5.32. The molecule has 0 saturated carbocycles. The predicted molar refractivity (Wildman–Crippen MR) is 135 cm³/mol. The normalized spacial score (nSPS) is 11.4. The van der Waals surface area contributed by atoms with Gasteiger partial charge in [0.1, 0.15) is 5.82 Å². The van der Waals surface area contributed by atoms with Gasteiger partial charge in [0.15, 0.2) is 0 Å². The van der Waals surface area contributed by atoms with Gasteiger partial charge >= 0.3 is 0 Å². The van der Waals surface area contributed by atoms with Gasteiger partial charge in [-0.25, -0.2) is 12.8 Å². The molecule has 5 nitrogen and oxygen atoms in total. The van der Waals surface area contributed by atoms with E-state index in [2.05, 4.69) is 5.32 Å². The summed E-state index contributed by atoms with van der Waals surface area (Å²) in [6.07, 6.45) is 0. The second kappa shape index (κ2) is 10.8. The molecule has 4 aromatic rings. The van der Waals surface area contributed by atoms with E-state index < -0.39 is 21.7 Å². The monoisotopic (exact) mass is 508 g/mol. The van der Waals surface area contributed by atoms with Crippen molar-refractivity contribution in [2.45, 2.75) is 18.0 Å². The molecule has 1 amide bonds. The number of hydrogen-bond acceptors (Lipinski definition) is 3. The molecule has 0 atom stereocenters. The van der Waals surface area contributed by atoms with Gasteiger partial charge in [-0.3, -0.25) is 4.79 Å². The fourth-order valence-electron chi connectivity index (χ4n) is 3.53. The molecule has 0 aromatic heterocycles. The Hall–Kier alpha value is -3.52. The van der Waals surface area contributed by atoms with Gasteiger partial charge in [0.2, 0.25) is 10.0 Å². The molecule has 0 unspecified atom stereocenters. The minimum absolute atomic E-state index is 0.118. The highest BCUT2D eigenvalue weighted by Crippen LogP contribution is 2.25. The summed E-state index contributed by atoms with van der Waals surface area (Å²) in [5, 5.41) is 2.83. The number of halogens is 2. The third kappa shape index (κ3) is 6.14. The SMILES string of the molecule is O=C(Nc1ccc(S(=O)(=O)N(Cc2ccccc2)Cc2ccccc2)cc1F)c1cccc(Cl)c1. The summed E-state index contributed by atoms with van der Waals surface area (Å²) >= 11 is 5.91. The van der Waals surface area contributed by atoms with Crippen LogP contribution < -0.4 is 5.32 Å². The number of carbonyl (C=O) groups is 1. The lowest BCUT2D eigenvalue weighted by Gasteiger charge is -2.23. The highest BCUT2D eigenvalue weighted by atomic mass is 35.5. The highest BCUT2D eigenvalue weighted by Gasteiger charge is 2.26. The summed E-state index contributed by atoms with van der Waals surface area (Å²) < 4.78 is 43.3. The van der Waals surface area contributed by atoms with E-state index in [1.165, 1.54) is 22.5 Å². The van der Waals surface area contributed by atoms with Crippen molar-refractivity contribution in [3.63, 3.8) is 0 Å². The third-order valence-corrected chi connectivity index (χ3v) is 7.34. The van der Waals surface area contributed by atoms with Crippen LogP contribution in [0.4, 0.5) is 10.1 Å². The summed E-state index contributed by atoms with van der Waals surface area (Å²) in [6, 6.07) is 28.1. The van der Waals surface area contributed by atoms with Crippen molar-refractivity contribution < 1.29 is 17.6 Å². The molecule has 8 heteroatoms. The summed E-state index contributed by atoms with van der Waals surface area (Å²) in [6.45, 7) is 0.236. The minimum Gasteiger partial charge on any atom is -0.319 e. The molecule has 0 radical (unpaired) electrons. The Morgan fingerprint density at radius 2 is 1.40 bits per heavy atom. The van der Waals surface area contributed by atoms with Crippen LogP contribution in [-0.4, -0.2) is 18.6 Å². The van der Waals surface area contributed by atoms with Crippen LogP contribution in [-0.2, 0) is 23.1 Å². The smallest absolute Gasteiger partial charge is 0.255 e. The number of anilines is 1. The number of rotatable bonds is 8. The number of benzene rings is 4. The van der Waals surface area contributed by atoms with Crippen LogP contribution in [0.3, 0.4) is 0 Å². The molecule has 1 N–H and O–H groups in total. The van der Waals surface area contributed by atoms with Gasteiger partial charge in [-0.1, -0.05) is 78.3 Å². The van der Waals surface area contributed by atoms with Crippen molar-refractivity contribution in [2.24, 2.45) is 0 Å². The number of hydrogen-bond donors (Lipinski definition) is 1. The van der Waals surface area contributed by atoms with Gasteiger partial charge in [-0.05, 0) is 47.5 Å². The first-order valence-electron chi connectivity index (χ1n) is 10.8. The Kier molecular flexibility index (Phi) is 7.60. The van der Waals surface area contributed by atoms with Crippen LogP contribution in [0.2, 0.25) is 5.02 Å². The molecule has 0 aliphatic rings. The van der Waals surface area contributed by atoms with Crippen molar-refractivity contribution >= 4 is 33.2 Å². The van der Waals surface area contributed by atoms with Crippen molar-refractivity contribution in [3.8, 4) is 0 Å². The fourth-order valence-corrected chi connectivity index (χ4v) is 5.15. The van der Waals surface area contributed by atoms with Crippen LogP contribution in [0.1, 0.15) is 21.5 Å². The highest BCUT2D eigenvalue weighted by molar-refractivity contribution is 7.89. The maximum Gasteiger partial charge on any atom is 0.255 e. The zero-order valence-corrected chi connectivity index (χ0v) is 20.1. The van der Waals surface area contributed by atoms with Crippen LogP contribution >= 0.6 is 11.6 Å². The van der Waals surface area contributed by atoms with E-state index in [1.807, 2.05) is 60.7 Å². The van der Waals surface area contributed by atoms with Crippen molar-refractivity contribution in [1.82, 2.24) is 4.31 Å². The zero-order chi connectivity index (χ0) is 24.8. The van der Waals surface area contributed by atoms with Gasteiger partial charge in [0.25, 0.3) is 5.91 Å². The first kappa shape index (κ1) is 24.6. The first-order chi connectivity index (χ1) is 16.8. The number of nitrogens with one attached hydrogen (secondary N) is 1. The summed E-state index contributed by atoms with van der Waals surface area (Å²) in [5.74, 6) is -1.42. The second-order valence-corrected chi connectivity index (χ2v) is 10.2. The van der Waals surface area contributed by atoms with Crippen LogP contribution in [0.5, 0.6) is 0 Å². The molecule has 0 aliphatic carbocycles. The summed E-state index contributed by atoms with van der Waals surface area (Å²) in [5.41, 5.74) is 1.73. The minimum atomic E-state index is -4.06. The van der Waals surface area contributed by atoms with E-state index >= 15 is 0 Å². The Morgan fingerprint density at radius 3 is 1.94 bits per heavy atom. The van der Waals surface area contributed by atoms with Crippen LogP contribution in [0.15, 0.2) is 108 Å². The molecule has 0 bridgehead atoms. The van der Waals surface area contributed by atoms with E-state index in [-0.39, 0.29) is 29.2 Å². The molecule has 4 rings (SSSR count). The van der Waals surface area contributed by atoms with E-state index in [0.29, 0.717) is 5.02 Å². The largest absolute Gasteiger partial charge is 0.319 e. The van der Waals surface area contributed by atoms with Crippen LogP contribution in [0.25, 0.3) is 0 Å². The number of nitrogens with zero attached hydrogens (tertiary/aromatic N) is 1. The predicted octanol–water partition coefficient (Wildman–Crippen LogP) is 6.12. The number of carbonyl (C=O) groups excluding carboxylic acids is 1. The Morgan fingerprint density at radius 1 is 0.800 bits per heavy atom. The quantitative estimate of drug-likeness (QED) is 0.311. The van der Waals surface area contributed by atoms with Crippen LogP contribution in [0, 0.1) is 5.82 Å². The van der Waals surface area contributed by atoms with E-state index in [0.717, 1.165) is 17.2 Å². The average Bonchev–Trinajstić information content (AvgIpc) is 2.86. The van der Waals surface area contributed by atoms with Gasteiger partial charge < -0.3 is 5.32 Å². The Bertz CT molecular complexity index is 1390. The van der Waals surface area contributed by atoms with Gasteiger partial charge in [0.05, 0.1) is 10.6 Å².